The van der Waals surface area contributed by atoms with Crippen LogP contribution in [0.3, 0.4) is 0 Å². The standard InChI is InChI=1S/C25H19N5O/c1-15-12-13-16(2)23-21(15)22-24(27-19-11-7-6-10-18(19)26-22)30(23)14-20-28-29-25(31-20)17-8-4-3-5-9-17/h3-13H,14H2,1-2H3. The third-order valence-corrected chi connectivity index (χ3v) is 5.68. The zero-order valence-electron chi connectivity index (χ0n) is 17.2. The summed E-state index contributed by atoms with van der Waals surface area (Å²) in [5, 5.41) is 9.68. The number of para-hydroxylation sites is 2. The molecule has 3 heterocycles. The Bertz CT molecular complexity index is 1580. The second-order valence-electron chi connectivity index (χ2n) is 7.76. The molecule has 0 aliphatic heterocycles. The Hall–Kier alpha value is -4.06. The van der Waals surface area contributed by atoms with Gasteiger partial charge in [-0.2, -0.15) is 0 Å². The Morgan fingerprint density at radius 1 is 0.774 bits per heavy atom. The van der Waals surface area contributed by atoms with Crippen molar-refractivity contribution in [3.63, 3.8) is 0 Å². The summed E-state index contributed by atoms with van der Waals surface area (Å²) in [7, 11) is 0. The summed E-state index contributed by atoms with van der Waals surface area (Å²) in [5.41, 5.74) is 7.81. The Morgan fingerprint density at radius 3 is 2.29 bits per heavy atom. The van der Waals surface area contributed by atoms with E-state index in [9.17, 15) is 0 Å². The fourth-order valence-electron chi connectivity index (χ4n) is 4.20. The van der Waals surface area contributed by atoms with Gasteiger partial charge in [-0.3, -0.25) is 0 Å². The van der Waals surface area contributed by atoms with E-state index in [1.807, 2.05) is 54.6 Å². The van der Waals surface area contributed by atoms with Crippen LogP contribution in [0.25, 0.3) is 44.6 Å². The quantitative estimate of drug-likeness (QED) is 0.391. The first-order valence-corrected chi connectivity index (χ1v) is 10.2. The molecule has 0 saturated heterocycles. The molecule has 0 radical (unpaired) electrons. The summed E-state index contributed by atoms with van der Waals surface area (Å²) in [6.45, 7) is 4.65. The summed E-state index contributed by atoms with van der Waals surface area (Å²) in [6.07, 6.45) is 0. The van der Waals surface area contributed by atoms with Gasteiger partial charge >= 0.3 is 0 Å². The van der Waals surface area contributed by atoms with Crippen LogP contribution in [-0.2, 0) is 6.54 Å². The highest BCUT2D eigenvalue weighted by atomic mass is 16.4. The molecule has 6 aromatic rings. The van der Waals surface area contributed by atoms with E-state index in [2.05, 4.69) is 40.7 Å². The van der Waals surface area contributed by atoms with Crippen molar-refractivity contribution >= 4 is 33.1 Å². The molecule has 3 aromatic heterocycles. The third kappa shape index (κ3) is 2.79. The molecule has 31 heavy (non-hydrogen) atoms. The van der Waals surface area contributed by atoms with Crippen LogP contribution in [0.15, 0.2) is 71.1 Å². The van der Waals surface area contributed by atoms with Crippen LogP contribution in [0.1, 0.15) is 17.0 Å². The minimum atomic E-state index is 0.428. The fourth-order valence-corrected chi connectivity index (χ4v) is 4.20. The molecule has 0 N–H and O–H groups in total. The molecule has 150 valence electrons. The highest BCUT2D eigenvalue weighted by molar-refractivity contribution is 6.09. The fraction of sp³-hybridized carbons (Fsp3) is 0.120. The third-order valence-electron chi connectivity index (χ3n) is 5.68. The van der Waals surface area contributed by atoms with Crippen LogP contribution < -0.4 is 0 Å². The van der Waals surface area contributed by atoms with E-state index < -0.39 is 0 Å². The molecule has 0 fully saturated rings. The maximum absolute atomic E-state index is 6.01. The van der Waals surface area contributed by atoms with Crippen molar-refractivity contribution in [2.24, 2.45) is 0 Å². The van der Waals surface area contributed by atoms with E-state index >= 15 is 0 Å². The molecule has 0 saturated carbocycles. The highest BCUT2D eigenvalue weighted by Gasteiger charge is 2.20. The van der Waals surface area contributed by atoms with Gasteiger partial charge in [0.05, 0.1) is 16.6 Å². The number of hydrogen-bond acceptors (Lipinski definition) is 5. The van der Waals surface area contributed by atoms with E-state index in [4.69, 9.17) is 14.4 Å². The van der Waals surface area contributed by atoms with Crippen molar-refractivity contribution in [2.45, 2.75) is 20.4 Å². The van der Waals surface area contributed by atoms with Gasteiger partial charge in [0.25, 0.3) is 0 Å². The van der Waals surface area contributed by atoms with Crippen molar-refractivity contribution in [2.75, 3.05) is 0 Å². The molecular weight excluding hydrogens is 386 g/mol. The van der Waals surface area contributed by atoms with Crippen molar-refractivity contribution in [1.29, 1.82) is 0 Å². The highest BCUT2D eigenvalue weighted by Crippen LogP contribution is 2.33. The molecule has 0 atom stereocenters. The average Bonchev–Trinajstić information content (AvgIpc) is 3.39. The maximum atomic E-state index is 6.01. The van der Waals surface area contributed by atoms with Gasteiger partial charge in [-0.15, -0.1) is 10.2 Å². The van der Waals surface area contributed by atoms with Gasteiger partial charge < -0.3 is 8.98 Å². The van der Waals surface area contributed by atoms with Gasteiger partial charge in [0, 0.05) is 10.9 Å². The Labute approximate surface area is 178 Å². The van der Waals surface area contributed by atoms with Crippen LogP contribution in [0.5, 0.6) is 0 Å². The van der Waals surface area contributed by atoms with Crippen LogP contribution in [0.2, 0.25) is 0 Å². The molecule has 6 nitrogen and oxygen atoms in total. The number of aryl methyl sites for hydroxylation is 2. The molecule has 0 bridgehead atoms. The normalized spacial score (nSPS) is 11.7. The van der Waals surface area contributed by atoms with Gasteiger partial charge in [0.2, 0.25) is 11.8 Å². The van der Waals surface area contributed by atoms with Crippen LogP contribution in [-0.4, -0.2) is 24.7 Å². The molecule has 6 heteroatoms. The van der Waals surface area contributed by atoms with Gasteiger partial charge in [-0.05, 0) is 49.2 Å². The Kier molecular flexibility index (Phi) is 3.86. The lowest BCUT2D eigenvalue weighted by Crippen LogP contribution is -2.02. The van der Waals surface area contributed by atoms with Crippen molar-refractivity contribution in [3.8, 4) is 11.5 Å². The van der Waals surface area contributed by atoms with Gasteiger partial charge in [0.15, 0.2) is 5.65 Å². The number of aromatic nitrogens is 5. The summed E-state index contributed by atoms with van der Waals surface area (Å²) in [5.74, 6) is 1.05. The summed E-state index contributed by atoms with van der Waals surface area (Å²) >= 11 is 0. The van der Waals surface area contributed by atoms with Crippen LogP contribution in [0.4, 0.5) is 0 Å². The molecule has 0 unspecified atom stereocenters. The van der Waals surface area contributed by atoms with Crippen LogP contribution >= 0.6 is 0 Å². The molecule has 0 amide bonds. The van der Waals surface area contributed by atoms with Gasteiger partial charge in [0.1, 0.15) is 12.1 Å². The lowest BCUT2D eigenvalue weighted by Gasteiger charge is -2.06. The molecule has 6 rings (SSSR count). The lowest BCUT2D eigenvalue weighted by atomic mass is 10.1. The minimum absolute atomic E-state index is 0.428. The first-order valence-electron chi connectivity index (χ1n) is 10.2. The number of hydrogen-bond donors (Lipinski definition) is 0. The average molecular weight is 405 g/mol. The van der Waals surface area contributed by atoms with E-state index in [1.54, 1.807) is 0 Å². The van der Waals surface area contributed by atoms with E-state index in [-0.39, 0.29) is 0 Å². The second-order valence-corrected chi connectivity index (χ2v) is 7.76. The molecule has 3 aromatic carbocycles. The summed E-state index contributed by atoms with van der Waals surface area (Å²) in [6, 6.07) is 22.0. The Balaban J connectivity index is 1.59. The summed E-state index contributed by atoms with van der Waals surface area (Å²) in [4.78, 5) is 9.94. The SMILES string of the molecule is Cc1ccc(C)c2c1c1nc3ccccc3nc1n2Cc1nnc(-c2ccccc2)o1. The first kappa shape index (κ1) is 17.8. The van der Waals surface area contributed by atoms with Crippen molar-refractivity contribution < 1.29 is 4.42 Å². The molecular formula is C25H19N5O. The summed E-state index contributed by atoms with van der Waals surface area (Å²) < 4.78 is 8.15. The predicted molar refractivity (Wildman–Crippen MR) is 121 cm³/mol. The maximum Gasteiger partial charge on any atom is 0.247 e. The number of fused-ring (bicyclic) bond motifs is 4. The van der Waals surface area contributed by atoms with Crippen LogP contribution in [0, 0.1) is 13.8 Å². The number of benzene rings is 3. The van der Waals surface area contributed by atoms with E-state index in [1.165, 1.54) is 5.56 Å². The number of nitrogens with zero attached hydrogens (tertiary/aromatic N) is 5. The molecule has 0 aliphatic rings. The minimum Gasteiger partial charge on any atom is -0.419 e. The largest absolute Gasteiger partial charge is 0.419 e. The van der Waals surface area contributed by atoms with Crippen molar-refractivity contribution in [3.05, 3.63) is 83.7 Å². The second kappa shape index (κ2) is 6.74. The van der Waals surface area contributed by atoms with Gasteiger partial charge in [-0.1, -0.05) is 42.5 Å². The number of rotatable bonds is 3. The molecule has 0 aliphatic carbocycles. The monoisotopic (exact) mass is 405 g/mol. The van der Waals surface area contributed by atoms with E-state index in [0.29, 0.717) is 18.3 Å². The smallest absolute Gasteiger partial charge is 0.247 e. The van der Waals surface area contributed by atoms with Gasteiger partial charge in [-0.25, -0.2) is 9.97 Å². The van der Waals surface area contributed by atoms with Crippen molar-refractivity contribution in [1.82, 2.24) is 24.7 Å². The zero-order chi connectivity index (χ0) is 20.9. The van der Waals surface area contributed by atoms with E-state index in [0.717, 1.165) is 44.2 Å². The Morgan fingerprint density at radius 2 is 1.48 bits per heavy atom. The lowest BCUT2D eigenvalue weighted by molar-refractivity contribution is 0.494. The molecule has 0 spiro atoms. The first-order chi connectivity index (χ1) is 15.2. The topological polar surface area (TPSA) is 69.6 Å². The zero-order valence-corrected chi connectivity index (χ0v) is 17.2. The predicted octanol–water partition coefficient (Wildman–Crippen LogP) is 5.45.